The van der Waals surface area contributed by atoms with Gasteiger partial charge in [-0.1, -0.05) is 0 Å². The summed E-state index contributed by atoms with van der Waals surface area (Å²) in [5.74, 6) is 1.49. The summed E-state index contributed by atoms with van der Waals surface area (Å²) in [7, 11) is 0. The molecule has 0 N–H and O–H groups in total. The van der Waals surface area contributed by atoms with Crippen molar-refractivity contribution in [3.8, 4) is 0 Å². The summed E-state index contributed by atoms with van der Waals surface area (Å²) in [6.07, 6.45) is 0.807. The molecular weight excluding hydrogens is 130 g/mol. The molecule has 0 radical (unpaired) electrons. The maximum Gasteiger partial charge on any atom is 0.147 e. The largest absolute Gasteiger partial charge is 0.301 e. The van der Waals surface area contributed by atoms with Gasteiger partial charge in [0.25, 0.3) is 0 Å². The lowest BCUT2D eigenvalue weighted by molar-refractivity contribution is -0.108. The Morgan fingerprint density at radius 3 is 2.70 bits per heavy atom. The molecule has 0 aromatic carbocycles. The van der Waals surface area contributed by atoms with Gasteiger partial charge in [-0.05, 0) is 13.8 Å². The smallest absolute Gasteiger partial charge is 0.147 e. The number of carbonyl (C=O) groups excluding carboxylic acids is 1. The van der Waals surface area contributed by atoms with Crippen LogP contribution in [-0.4, -0.2) is 21.1 Å². The van der Waals surface area contributed by atoms with Crippen LogP contribution in [0.2, 0.25) is 0 Å². The minimum Gasteiger partial charge on any atom is -0.301 e. The predicted octanol–water partition coefficient (Wildman–Crippen LogP) is 0.0938. The highest BCUT2D eigenvalue weighted by molar-refractivity contribution is 5.48. The monoisotopic (exact) mass is 139 g/mol. The molecule has 0 saturated carbocycles. The van der Waals surface area contributed by atoms with Crippen LogP contribution in [0, 0.1) is 13.8 Å². The number of hydrogen-bond acceptors (Lipinski definition) is 3. The van der Waals surface area contributed by atoms with E-state index in [2.05, 4.69) is 10.1 Å². The van der Waals surface area contributed by atoms with Crippen LogP contribution in [0.1, 0.15) is 11.6 Å². The highest BCUT2D eigenvalue weighted by atomic mass is 16.1. The Labute approximate surface area is 58.9 Å². The zero-order valence-electron chi connectivity index (χ0n) is 6.03. The molecule has 0 aliphatic carbocycles. The van der Waals surface area contributed by atoms with Crippen molar-refractivity contribution in [2.45, 2.75) is 20.4 Å². The summed E-state index contributed by atoms with van der Waals surface area (Å²) in [5, 5.41) is 3.97. The molecule has 0 spiro atoms. The molecule has 0 aliphatic rings. The topological polar surface area (TPSA) is 47.8 Å². The van der Waals surface area contributed by atoms with Crippen molar-refractivity contribution in [2.24, 2.45) is 0 Å². The average Bonchev–Trinajstić information content (AvgIpc) is 2.13. The number of hydrogen-bond donors (Lipinski definition) is 0. The van der Waals surface area contributed by atoms with Gasteiger partial charge in [-0.3, -0.25) is 0 Å². The summed E-state index contributed by atoms with van der Waals surface area (Å²) in [6, 6.07) is 0. The van der Waals surface area contributed by atoms with Crippen molar-refractivity contribution in [1.82, 2.24) is 14.8 Å². The second-order valence-electron chi connectivity index (χ2n) is 2.06. The Bertz CT molecular complexity index is 241. The van der Waals surface area contributed by atoms with Gasteiger partial charge in [0, 0.05) is 0 Å². The lowest BCUT2D eigenvalue weighted by Gasteiger charge is -1.92. The van der Waals surface area contributed by atoms with Crippen LogP contribution in [0.5, 0.6) is 0 Å². The van der Waals surface area contributed by atoms with Gasteiger partial charge >= 0.3 is 0 Å². The van der Waals surface area contributed by atoms with E-state index in [9.17, 15) is 4.79 Å². The molecule has 0 aliphatic heterocycles. The minimum absolute atomic E-state index is 0.298. The molecule has 0 fully saturated rings. The van der Waals surface area contributed by atoms with Gasteiger partial charge in [0.05, 0.1) is 6.54 Å². The summed E-state index contributed by atoms with van der Waals surface area (Å²) >= 11 is 0. The van der Waals surface area contributed by atoms with E-state index in [4.69, 9.17) is 0 Å². The van der Waals surface area contributed by atoms with E-state index in [1.54, 1.807) is 11.6 Å². The fraction of sp³-hybridized carbons (Fsp3) is 0.500. The molecule has 4 heteroatoms. The van der Waals surface area contributed by atoms with Crippen molar-refractivity contribution in [2.75, 3.05) is 0 Å². The first-order valence-electron chi connectivity index (χ1n) is 3.05. The van der Waals surface area contributed by atoms with E-state index >= 15 is 0 Å². The summed E-state index contributed by atoms with van der Waals surface area (Å²) in [5.41, 5.74) is 0. The highest BCUT2D eigenvalue weighted by Gasteiger charge is 1.98. The van der Waals surface area contributed by atoms with Crippen LogP contribution >= 0.6 is 0 Å². The second-order valence-corrected chi connectivity index (χ2v) is 2.06. The third-order valence-electron chi connectivity index (χ3n) is 1.21. The van der Waals surface area contributed by atoms with Gasteiger partial charge in [0.15, 0.2) is 0 Å². The van der Waals surface area contributed by atoms with Gasteiger partial charge in [-0.15, -0.1) is 0 Å². The third kappa shape index (κ3) is 1.21. The van der Waals surface area contributed by atoms with Crippen molar-refractivity contribution in [1.29, 1.82) is 0 Å². The van der Waals surface area contributed by atoms with Gasteiger partial charge in [-0.2, -0.15) is 5.10 Å². The number of aldehydes is 1. The molecule has 1 heterocycles. The molecule has 0 unspecified atom stereocenters. The summed E-state index contributed by atoms with van der Waals surface area (Å²) in [6.45, 7) is 3.92. The number of aromatic nitrogens is 3. The van der Waals surface area contributed by atoms with E-state index in [0.29, 0.717) is 12.4 Å². The fourth-order valence-electron chi connectivity index (χ4n) is 0.805. The van der Waals surface area contributed by atoms with Gasteiger partial charge < -0.3 is 4.79 Å². The molecule has 10 heavy (non-hydrogen) atoms. The Kier molecular flexibility index (Phi) is 1.80. The maximum absolute atomic E-state index is 10.0. The van der Waals surface area contributed by atoms with E-state index < -0.39 is 0 Å². The van der Waals surface area contributed by atoms with E-state index in [-0.39, 0.29) is 0 Å². The SMILES string of the molecule is Cc1nc(C)n(CC=O)n1. The molecular formula is C6H9N3O. The number of carbonyl (C=O) groups is 1. The van der Waals surface area contributed by atoms with Gasteiger partial charge in [0.2, 0.25) is 0 Å². The van der Waals surface area contributed by atoms with Crippen LogP contribution in [0.3, 0.4) is 0 Å². The number of rotatable bonds is 2. The predicted molar refractivity (Wildman–Crippen MR) is 35.6 cm³/mol. The molecule has 4 nitrogen and oxygen atoms in total. The van der Waals surface area contributed by atoms with Crippen molar-refractivity contribution < 1.29 is 4.79 Å². The van der Waals surface area contributed by atoms with Crippen LogP contribution in [0.25, 0.3) is 0 Å². The molecule has 0 atom stereocenters. The maximum atomic E-state index is 10.0. The Morgan fingerprint density at radius 1 is 1.60 bits per heavy atom. The first kappa shape index (κ1) is 6.92. The number of aryl methyl sites for hydroxylation is 2. The normalized spacial score (nSPS) is 9.80. The Hall–Kier alpha value is -1.19. The van der Waals surface area contributed by atoms with Crippen LogP contribution in [-0.2, 0) is 11.3 Å². The van der Waals surface area contributed by atoms with Crippen LogP contribution in [0.4, 0.5) is 0 Å². The van der Waals surface area contributed by atoms with E-state index in [1.165, 1.54) is 0 Å². The Balaban J connectivity index is 2.91. The zero-order chi connectivity index (χ0) is 7.56. The average molecular weight is 139 g/mol. The van der Waals surface area contributed by atoms with Crippen molar-refractivity contribution in [3.63, 3.8) is 0 Å². The third-order valence-corrected chi connectivity index (χ3v) is 1.21. The molecule has 1 aromatic heterocycles. The van der Waals surface area contributed by atoms with Crippen molar-refractivity contribution >= 4 is 6.29 Å². The molecule has 1 aromatic rings. The highest BCUT2D eigenvalue weighted by Crippen LogP contribution is 1.93. The lowest BCUT2D eigenvalue weighted by atomic mass is 10.6. The molecule has 0 saturated heterocycles. The molecule has 0 amide bonds. The van der Waals surface area contributed by atoms with Gasteiger partial charge in [-0.25, -0.2) is 9.67 Å². The fourth-order valence-corrected chi connectivity index (χ4v) is 0.805. The zero-order valence-corrected chi connectivity index (χ0v) is 6.03. The molecule has 0 bridgehead atoms. The van der Waals surface area contributed by atoms with Crippen LogP contribution in [0.15, 0.2) is 0 Å². The quantitative estimate of drug-likeness (QED) is 0.546. The van der Waals surface area contributed by atoms with Gasteiger partial charge in [0.1, 0.15) is 17.9 Å². The Morgan fingerprint density at radius 2 is 2.30 bits per heavy atom. The summed E-state index contributed by atoms with van der Waals surface area (Å²) in [4.78, 5) is 14.1. The summed E-state index contributed by atoms with van der Waals surface area (Å²) < 4.78 is 1.57. The van der Waals surface area contributed by atoms with E-state index in [1.807, 2.05) is 6.92 Å². The second kappa shape index (κ2) is 2.60. The standard InChI is InChI=1S/C6H9N3O/c1-5-7-6(2)9(8-5)3-4-10/h4H,3H2,1-2H3. The minimum atomic E-state index is 0.298. The molecule has 1 rings (SSSR count). The van der Waals surface area contributed by atoms with Crippen LogP contribution < -0.4 is 0 Å². The lowest BCUT2D eigenvalue weighted by Crippen LogP contribution is -2.03. The number of nitrogens with zero attached hydrogens (tertiary/aromatic N) is 3. The first-order valence-corrected chi connectivity index (χ1v) is 3.05. The van der Waals surface area contributed by atoms with Crippen molar-refractivity contribution in [3.05, 3.63) is 11.6 Å². The first-order chi connectivity index (χ1) is 4.74. The molecule has 54 valence electrons. The van der Waals surface area contributed by atoms with E-state index in [0.717, 1.165) is 12.1 Å².